The van der Waals surface area contributed by atoms with Crippen molar-refractivity contribution in [3.05, 3.63) is 91.3 Å². The highest BCUT2D eigenvalue weighted by molar-refractivity contribution is 7.20. The summed E-state index contributed by atoms with van der Waals surface area (Å²) in [6.07, 6.45) is 1.52. The topological polar surface area (TPSA) is 64.0 Å². The van der Waals surface area contributed by atoms with Crippen LogP contribution in [0.2, 0.25) is 10.0 Å². The third-order valence-electron chi connectivity index (χ3n) is 4.44. The zero-order valence-corrected chi connectivity index (χ0v) is 17.6. The van der Waals surface area contributed by atoms with E-state index in [1.165, 1.54) is 17.7 Å². The molecule has 0 fully saturated rings. The second kappa shape index (κ2) is 7.99. The van der Waals surface area contributed by atoms with Gasteiger partial charge in [-0.25, -0.2) is 4.98 Å². The molecule has 2 aromatic carbocycles. The lowest BCUT2D eigenvalue weighted by Gasteiger charge is -2.06. The number of carbonyl (C=O) groups is 1. The zero-order chi connectivity index (χ0) is 20.5. The second-order valence-corrected chi connectivity index (χ2v) is 8.38. The van der Waals surface area contributed by atoms with Gasteiger partial charge in [0.25, 0.3) is 11.5 Å². The summed E-state index contributed by atoms with van der Waals surface area (Å²) in [5.41, 5.74) is 1.92. The Labute approximate surface area is 180 Å². The minimum Gasteiger partial charge on any atom is -0.321 e. The van der Waals surface area contributed by atoms with Gasteiger partial charge in [-0.2, -0.15) is 0 Å². The van der Waals surface area contributed by atoms with Gasteiger partial charge in [0.1, 0.15) is 4.83 Å². The number of amides is 1. The SMILES string of the molecule is Cc1c(C(=O)Nc2cc(Cl)cc(Cl)c2)sc2ncn(Cc3ccccc3)c(=O)c12. The Morgan fingerprint density at radius 1 is 1.14 bits per heavy atom. The number of carbonyl (C=O) groups excluding carboxylic acids is 1. The molecule has 0 saturated carbocycles. The quantitative estimate of drug-likeness (QED) is 0.460. The molecule has 0 aliphatic heterocycles. The number of fused-ring (bicyclic) bond motifs is 1. The van der Waals surface area contributed by atoms with E-state index in [9.17, 15) is 9.59 Å². The van der Waals surface area contributed by atoms with Crippen LogP contribution in [0.3, 0.4) is 0 Å². The molecular formula is C21H15Cl2N3O2S. The van der Waals surface area contributed by atoms with E-state index in [4.69, 9.17) is 23.2 Å². The van der Waals surface area contributed by atoms with Crippen LogP contribution in [-0.2, 0) is 6.54 Å². The lowest BCUT2D eigenvalue weighted by atomic mass is 10.2. The van der Waals surface area contributed by atoms with Crippen molar-refractivity contribution in [3.8, 4) is 0 Å². The standard InChI is InChI=1S/C21H15Cl2N3O2S/c1-12-17-20(24-11-26(21(17)28)10-13-5-3-2-4-6-13)29-18(12)19(27)25-16-8-14(22)7-15(23)9-16/h2-9,11H,10H2,1H3,(H,25,27). The lowest BCUT2D eigenvalue weighted by Crippen LogP contribution is -2.21. The molecular weight excluding hydrogens is 429 g/mol. The van der Waals surface area contributed by atoms with Gasteiger partial charge in [0, 0.05) is 15.7 Å². The van der Waals surface area contributed by atoms with Crippen LogP contribution >= 0.6 is 34.5 Å². The highest BCUT2D eigenvalue weighted by Gasteiger charge is 2.20. The zero-order valence-electron chi connectivity index (χ0n) is 15.3. The molecule has 1 N–H and O–H groups in total. The molecule has 0 saturated heterocycles. The Morgan fingerprint density at radius 2 is 1.83 bits per heavy atom. The van der Waals surface area contributed by atoms with Gasteiger partial charge >= 0.3 is 0 Å². The number of aryl methyl sites for hydroxylation is 1. The third-order valence-corrected chi connectivity index (χ3v) is 6.07. The minimum atomic E-state index is -0.335. The Kier molecular flexibility index (Phi) is 5.41. The number of nitrogens with one attached hydrogen (secondary N) is 1. The molecule has 0 aliphatic carbocycles. The van der Waals surface area contributed by atoms with Crippen molar-refractivity contribution in [2.45, 2.75) is 13.5 Å². The first-order chi connectivity index (χ1) is 13.9. The van der Waals surface area contributed by atoms with Crippen molar-refractivity contribution >= 4 is 56.3 Å². The molecule has 2 aromatic heterocycles. The van der Waals surface area contributed by atoms with E-state index in [2.05, 4.69) is 10.3 Å². The van der Waals surface area contributed by atoms with Crippen molar-refractivity contribution in [2.75, 3.05) is 5.32 Å². The smallest absolute Gasteiger partial charge is 0.266 e. The number of hydrogen-bond donors (Lipinski definition) is 1. The predicted octanol–water partition coefficient (Wildman–Crippen LogP) is 5.37. The average Bonchev–Trinajstić information content (AvgIpc) is 3.01. The number of aromatic nitrogens is 2. The lowest BCUT2D eigenvalue weighted by molar-refractivity contribution is 0.103. The van der Waals surface area contributed by atoms with Crippen LogP contribution in [0, 0.1) is 6.92 Å². The van der Waals surface area contributed by atoms with E-state index in [-0.39, 0.29) is 11.5 Å². The molecule has 0 aliphatic rings. The average molecular weight is 444 g/mol. The molecule has 4 aromatic rings. The molecule has 0 spiro atoms. The number of rotatable bonds is 4. The Morgan fingerprint density at radius 3 is 2.52 bits per heavy atom. The van der Waals surface area contributed by atoms with Gasteiger partial charge in [0.05, 0.1) is 23.1 Å². The number of halogens is 2. The summed E-state index contributed by atoms with van der Waals surface area (Å²) in [5.74, 6) is -0.335. The predicted molar refractivity (Wildman–Crippen MR) is 119 cm³/mol. The van der Waals surface area contributed by atoms with Crippen molar-refractivity contribution in [1.29, 1.82) is 0 Å². The molecule has 0 atom stereocenters. The molecule has 2 heterocycles. The van der Waals surface area contributed by atoms with Crippen LogP contribution in [-0.4, -0.2) is 15.5 Å². The van der Waals surface area contributed by atoms with E-state index in [1.54, 1.807) is 29.7 Å². The first-order valence-corrected chi connectivity index (χ1v) is 10.3. The van der Waals surface area contributed by atoms with Crippen molar-refractivity contribution in [1.82, 2.24) is 9.55 Å². The van der Waals surface area contributed by atoms with E-state index in [1.807, 2.05) is 30.3 Å². The van der Waals surface area contributed by atoms with E-state index >= 15 is 0 Å². The molecule has 8 heteroatoms. The first kappa shape index (κ1) is 19.6. The van der Waals surface area contributed by atoms with Crippen LogP contribution in [0.4, 0.5) is 5.69 Å². The maximum absolute atomic E-state index is 13.0. The molecule has 0 unspecified atom stereocenters. The van der Waals surface area contributed by atoms with Gasteiger partial charge in [-0.05, 0) is 36.2 Å². The van der Waals surface area contributed by atoms with Crippen LogP contribution in [0.1, 0.15) is 20.8 Å². The maximum Gasteiger partial charge on any atom is 0.266 e. The summed E-state index contributed by atoms with van der Waals surface area (Å²) in [5, 5.41) is 4.09. The molecule has 0 bridgehead atoms. The summed E-state index contributed by atoms with van der Waals surface area (Å²) >= 11 is 13.2. The van der Waals surface area contributed by atoms with Crippen LogP contribution in [0.5, 0.6) is 0 Å². The normalized spacial score (nSPS) is 11.0. The number of thiophene rings is 1. The minimum absolute atomic E-state index is 0.169. The van der Waals surface area contributed by atoms with Gasteiger partial charge in [-0.1, -0.05) is 53.5 Å². The Hall–Kier alpha value is -2.67. The fraction of sp³-hybridized carbons (Fsp3) is 0.0952. The summed E-state index contributed by atoms with van der Waals surface area (Å²) < 4.78 is 1.55. The third kappa shape index (κ3) is 4.05. The Balaban J connectivity index is 1.69. The van der Waals surface area contributed by atoms with Crippen LogP contribution < -0.4 is 10.9 Å². The van der Waals surface area contributed by atoms with E-state index < -0.39 is 0 Å². The summed E-state index contributed by atoms with van der Waals surface area (Å²) in [4.78, 5) is 31.1. The summed E-state index contributed by atoms with van der Waals surface area (Å²) in [7, 11) is 0. The fourth-order valence-electron chi connectivity index (χ4n) is 3.08. The maximum atomic E-state index is 13.0. The van der Waals surface area contributed by atoms with Crippen LogP contribution in [0.25, 0.3) is 10.2 Å². The van der Waals surface area contributed by atoms with Crippen molar-refractivity contribution in [2.24, 2.45) is 0 Å². The number of hydrogen-bond acceptors (Lipinski definition) is 4. The van der Waals surface area contributed by atoms with Gasteiger partial charge in [0.15, 0.2) is 0 Å². The molecule has 4 rings (SSSR count). The molecule has 5 nitrogen and oxygen atoms in total. The summed E-state index contributed by atoms with van der Waals surface area (Å²) in [6, 6.07) is 14.5. The first-order valence-electron chi connectivity index (χ1n) is 8.72. The largest absolute Gasteiger partial charge is 0.321 e. The van der Waals surface area contributed by atoms with Gasteiger partial charge in [0.2, 0.25) is 0 Å². The van der Waals surface area contributed by atoms with Gasteiger partial charge in [-0.3, -0.25) is 14.2 Å². The molecule has 1 amide bonds. The van der Waals surface area contributed by atoms with Gasteiger partial charge < -0.3 is 5.32 Å². The van der Waals surface area contributed by atoms with E-state index in [0.717, 1.165) is 5.56 Å². The van der Waals surface area contributed by atoms with E-state index in [0.29, 0.717) is 42.9 Å². The monoisotopic (exact) mass is 443 g/mol. The fourth-order valence-corrected chi connectivity index (χ4v) is 4.64. The number of nitrogens with zero attached hydrogens (tertiary/aromatic N) is 2. The number of benzene rings is 2. The number of anilines is 1. The highest BCUT2D eigenvalue weighted by Crippen LogP contribution is 2.29. The summed E-state index contributed by atoms with van der Waals surface area (Å²) in [6.45, 7) is 2.18. The molecule has 29 heavy (non-hydrogen) atoms. The molecule has 0 radical (unpaired) electrons. The second-order valence-electron chi connectivity index (χ2n) is 6.51. The van der Waals surface area contributed by atoms with Crippen molar-refractivity contribution < 1.29 is 4.79 Å². The Bertz CT molecular complexity index is 1260. The van der Waals surface area contributed by atoms with Crippen molar-refractivity contribution in [3.63, 3.8) is 0 Å². The molecule has 146 valence electrons. The van der Waals surface area contributed by atoms with Gasteiger partial charge in [-0.15, -0.1) is 11.3 Å². The van der Waals surface area contributed by atoms with Crippen LogP contribution in [0.15, 0.2) is 59.7 Å². The highest BCUT2D eigenvalue weighted by atomic mass is 35.5.